The maximum atomic E-state index is 13.0. The van der Waals surface area contributed by atoms with E-state index in [4.69, 9.17) is 17.4 Å². The van der Waals surface area contributed by atoms with Crippen LogP contribution in [0.3, 0.4) is 0 Å². The van der Waals surface area contributed by atoms with E-state index in [0.717, 1.165) is 6.07 Å². The predicted octanol–water partition coefficient (Wildman–Crippen LogP) is 0.940. The van der Waals surface area contributed by atoms with Gasteiger partial charge in [-0.3, -0.25) is 5.84 Å². The van der Waals surface area contributed by atoms with Crippen LogP contribution in [0.25, 0.3) is 0 Å². The molecule has 0 aliphatic carbocycles. The highest BCUT2D eigenvalue weighted by molar-refractivity contribution is 7.89. The first-order chi connectivity index (χ1) is 6.38. The first kappa shape index (κ1) is 11.4. The minimum atomic E-state index is -3.91. The minimum Gasteiger partial charge on any atom is -0.257 e. The molecular weight excluding hydrogens is 231 g/mol. The summed E-state index contributed by atoms with van der Waals surface area (Å²) in [6.07, 6.45) is 0. The summed E-state index contributed by atoms with van der Waals surface area (Å²) in [6, 6.07) is 2.05. The van der Waals surface area contributed by atoms with Gasteiger partial charge in [-0.25, -0.2) is 12.8 Å². The van der Waals surface area contributed by atoms with Crippen molar-refractivity contribution in [3.05, 3.63) is 28.5 Å². The van der Waals surface area contributed by atoms with Crippen molar-refractivity contribution >= 4 is 21.6 Å². The third-order valence-corrected chi connectivity index (χ3v) is 3.31. The van der Waals surface area contributed by atoms with Gasteiger partial charge in [-0.15, -0.1) is 0 Å². The van der Waals surface area contributed by atoms with Gasteiger partial charge in [0.05, 0.1) is 5.02 Å². The molecule has 0 unspecified atom stereocenters. The van der Waals surface area contributed by atoms with Crippen molar-refractivity contribution in [3.63, 3.8) is 0 Å². The van der Waals surface area contributed by atoms with E-state index in [2.05, 4.69) is 0 Å². The topological polar surface area (TPSA) is 72.2 Å². The largest absolute Gasteiger partial charge is 0.257 e. The first-order valence-corrected chi connectivity index (χ1v) is 5.42. The molecule has 0 aliphatic rings. The highest BCUT2D eigenvalue weighted by Gasteiger charge is 2.18. The molecule has 1 aromatic carbocycles. The van der Waals surface area contributed by atoms with Crippen LogP contribution in [-0.2, 0) is 10.0 Å². The van der Waals surface area contributed by atoms with Crippen LogP contribution in [0, 0.1) is 12.7 Å². The van der Waals surface area contributed by atoms with E-state index in [-0.39, 0.29) is 15.5 Å². The fraction of sp³-hybridized carbons (Fsp3) is 0.143. The Balaban J connectivity index is 3.45. The van der Waals surface area contributed by atoms with E-state index in [1.807, 2.05) is 0 Å². The number of halogens is 2. The second-order valence-corrected chi connectivity index (χ2v) is 4.74. The number of benzene rings is 1. The second kappa shape index (κ2) is 3.82. The van der Waals surface area contributed by atoms with E-state index in [1.54, 1.807) is 4.83 Å². The number of rotatable bonds is 2. The zero-order chi connectivity index (χ0) is 10.9. The molecule has 0 heterocycles. The van der Waals surface area contributed by atoms with Gasteiger partial charge < -0.3 is 0 Å². The van der Waals surface area contributed by atoms with E-state index >= 15 is 0 Å². The van der Waals surface area contributed by atoms with Gasteiger partial charge in [0, 0.05) is 0 Å². The molecule has 0 spiro atoms. The van der Waals surface area contributed by atoms with Crippen LogP contribution in [-0.4, -0.2) is 8.42 Å². The van der Waals surface area contributed by atoms with Crippen LogP contribution in [0.15, 0.2) is 17.0 Å². The van der Waals surface area contributed by atoms with Crippen LogP contribution < -0.4 is 10.7 Å². The van der Waals surface area contributed by atoms with E-state index < -0.39 is 15.8 Å². The van der Waals surface area contributed by atoms with Crippen LogP contribution >= 0.6 is 11.6 Å². The monoisotopic (exact) mass is 238 g/mol. The maximum absolute atomic E-state index is 13.0. The van der Waals surface area contributed by atoms with Crippen LogP contribution in [0.5, 0.6) is 0 Å². The van der Waals surface area contributed by atoms with Crippen molar-refractivity contribution in [2.45, 2.75) is 11.8 Å². The summed E-state index contributed by atoms with van der Waals surface area (Å²) in [5.74, 6) is 4.13. The van der Waals surface area contributed by atoms with Crippen molar-refractivity contribution < 1.29 is 12.8 Å². The smallest absolute Gasteiger partial charge is 0.254 e. The van der Waals surface area contributed by atoms with Gasteiger partial charge in [-0.2, -0.15) is 4.83 Å². The molecule has 0 saturated heterocycles. The molecule has 1 aromatic rings. The lowest BCUT2D eigenvalue weighted by atomic mass is 10.2. The molecule has 0 aromatic heterocycles. The quantitative estimate of drug-likeness (QED) is 0.595. The number of sulfonamides is 1. The molecule has 0 fully saturated rings. The summed E-state index contributed by atoms with van der Waals surface area (Å²) < 4.78 is 35.4. The number of nitrogens with one attached hydrogen (secondary N) is 1. The summed E-state index contributed by atoms with van der Waals surface area (Å²) in [4.78, 5) is 1.20. The highest BCUT2D eigenvalue weighted by Crippen LogP contribution is 2.23. The lowest BCUT2D eigenvalue weighted by molar-refractivity contribution is 0.579. The third kappa shape index (κ3) is 2.03. The molecule has 0 atom stereocenters. The predicted molar refractivity (Wildman–Crippen MR) is 50.7 cm³/mol. The summed E-state index contributed by atoms with van der Waals surface area (Å²) in [7, 11) is -3.91. The van der Waals surface area contributed by atoms with Gasteiger partial charge in [-0.1, -0.05) is 11.6 Å². The van der Waals surface area contributed by atoms with Crippen molar-refractivity contribution in [1.82, 2.24) is 4.83 Å². The number of hydrogen-bond donors (Lipinski definition) is 2. The number of aryl methyl sites for hydroxylation is 1. The van der Waals surface area contributed by atoms with E-state index in [1.165, 1.54) is 13.0 Å². The molecule has 0 aliphatic heterocycles. The fourth-order valence-corrected chi connectivity index (χ4v) is 2.12. The molecule has 4 nitrogen and oxygen atoms in total. The lowest BCUT2D eigenvalue weighted by Gasteiger charge is -2.06. The van der Waals surface area contributed by atoms with Crippen molar-refractivity contribution in [1.29, 1.82) is 0 Å². The fourth-order valence-electron chi connectivity index (χ4n) is 0.897. The average molecular weight is 239 g/mol. The Bertz CT molecular complexity index is 461. The molecule has 1 rings (SSSR count). The molecule has 14 heavy (non-hydrogen) atoms. The molecule has 0 bridgehead atoms. The zero-order valence-electron chi connectivity index (χ0n) is 7.21. The summed E-state index contributed by atoms with van der Waals surface area (Å²) in [5.41, 5.74) is 0.269. The summed E-state index contributed by atoms with van der Waals surface area (Å²) in [6.45, 7) is 1.48. The molecular formula is C7H8ClFN2O2S. The maximum Gasteiger partial charge on any atom is 0.254 e. The number of hydrazine groups is 1. The Labute approximate surface area is 85.9 Å². The van der Waals surface area contributed by atoms with Gasteiger partial charge in [0.1, 0.15) is 10.7 Å². The van der Waals surface area contributed by atoms with Crippen molar-refractivity contribution in [2.75, 3.05) is 0 Å². The van der Waals surface area contributed by atoms with E-state index in [0.29, 0.717) is 0 Å². The average Bonchev–Trinajstić information content (AvgIpc) is 2.11. The van der Waals surface area contributed by atoms with Gasteiger partial charge in [0.2, 0.25) is 0 Å². The van der Waals surface area contributed by atoms with Crippen LogP contribution in [0.4, 0.5) is 4.39 Å². The Hall–Kier alpha value is -0.690. The molecule has 0 amide bonds. The Morgan fingerprint density at radius 2 is 2.07 bits per heavy atom. The van der Waals surface area contributed by atoms with Crippen LogP contribution in [0.2, 0.25) is 5.02 Å². The van der Waals surface area contributed by atoms with Crippen molar-refractivity contribution in [3.8, 4) is 0 Å². The van der Waals surface area contributed by atoms with Gasteiger partial charge >= 0.3 is 0 Å². The van der Waals surface area contributed by atoms with Crippen LogP contribution in [0.1, 0.15) is 5.56 Å². The zero-order valence-corrected chi connectivity index (χ0v) is 8.79. The van der Waals surface area contributed by atoms with Gasteiger partial charge in [0.25, 0.3) is 10.0 Å². The normalized spacial score (nSPS) is 11.7. The summed E-state index contributed by atoms with van der Waals surface area (Å²) >= 11 is 5.62. The first-order valence-electron chi connectivity index (χ1n) is 3.56. The standard InChI is InChI=1S/C7H8ClFN2O2S/c1-4-2-5(8)7(3-6(4)9)14(12,13)11-10/h2-3,11H,10H2,1H3. The van der Waals surface area contributed by atoms with E-state index in [9.17, 15) is 12.8 Å². The SMILES string of the molecule is Cc1cc(Cl)c(S(=O)(=O)NN)cc1F. The third-order valence-electron chi connectivity index (χ3n) is 1.66. The summed E-state index contributed by atoms with van der Waals surface area (Å²) in [5, 5.41) is -0.0677. The Morgan fingerprint density at radius 3 is 2.57 bits per heavy atom. The highest BCUT2D eigenvalue weighted by atomic mass is 35.5. The van der Waals surface area contributed by atoms with Crippen molar-refractivity contribution in [2.24, 2.45) is 5.84 Å². The van der Waals surface area contributed by atoms with Gasteiger partial charge in [0.15, 0.2) is 0 Å². The Morgan fingerprint density at radius 1 is 1.50 bits per heavy atom. The Kier molecular flexibility index (Phi) is 3.10. The second-order valence-electron chi connectivity index (χ2n) is 2.65. The molecule has 0 saturated carbocycles. The molecule has 7 heteroatoms. The minimum absolute atomic E-state index is 0.0677. The molecule has 0 radical (unpaired) electrons. The number of hydrogen-bond acceptors (Lipinski definition) is 3. The lowest BCUT2D eigenvalue weighted by Crippen LogP contribution is -2.30. The molecule has 3 N–H and O–H groups in total. The molecule has 78 valence electrons. The van der Waals surface area contributed by atoms with Gasteiger partial charge in [-0.05, 0) is 24.6 Å². The number of nitrogens with two attached hydrogens (primary N) is 1.